The van der Waals surface area contributed by atoms with Crippen molar-refractivity contribution >= 4 is 17.5 Å². The molecule has 1 aliphatic carbocycles. The average molecular weight is 249 g/mol. The van der Waals surface area contributed by atoms with E-state index in [1.807, 2.05) is 23.9 Å². The molecule has 1 heterocycles. The molecule has 0 fully saturated rings. The van der Waals surface area contributed by atoms with Gasteiger partial charge in [-0.05, 0) is 18.9 Å². The minimum absolute atomic E-state index is 0.325. The lowest BCUT2D eigenvalue weighted by Crippen LogP contribution is -2.19. The summed E-state index contributed by atoms with van der Waals surface area (Å²) in [7, 11) is 4.53. The van der Waals surface area contributed by atoms with E-state index in [0.29, 0.717) is 24.0 Å². The Labute approximate surface area is 105 Å². The summed E-state index contributed by atoms with van der Waals surface area (Å²) in [5.74, 6) is -0.965. The summed E-state index contributed by atoms with van der Waals surface area (Å²) < 4.78 is 11.4. The highest BCUT2D eigenvalue weighted by Crippen LogP contribution is 2.33. The van der Waals surface area contributed by atoms with Crippen molar-refractivity contribution in [2.24, 2.45) is 7.05 Å². The number of carbonyl (C=O) groups is 2. The number of rotatable bonds is 2. The van der Waals surface area contributed by atoms with Crippen molar-refractivity contribution in [2.45, 2.75) is 12.8 Å². The Hall–Kier alpha value is -2.04. The molecule has 0 atom stereocenters. The maximum Gasteiger partial charge on any atom is 0.339 e. The molecule has 0 aliphatic heterocycles. The fourth-order valence-corrected chi connectivity index (χ4v) is 2.29. The molecular formula is C13H15NO4. The number of nitrogens with zero attached hydrogens (tertiary/aromatic N) is 1. The molecule has 1 aliphatic rings. The van der Waals surface area contributed by atoms with Gasteiger partial charge in [-0.1, -0.05) is 0 Å². The first-order chi connectivity index (χ1) is 8.60. The number of fused-ring (bicyclic) bond motifs is 1. The van der Waals surface area contributed by atoms with Gasteiger partial charge in [0.15, 0.2) is 0 Å². The molecule has 0 spiro atoms. The summed E-state index contributed by atoms with van der Waals surface area (Å²) in [5, 5.41) is 0. The maximum atomic E-state index is 11.9. The molecule has 1 aromatic rings. The maximum absolute atomic E-state index is 11.9. The van der Waals surface area contributed by atoms with Gasteiger partial charge in [-0.2, -0.15) is 0 Å². The fourth-order valence-electron chi connectivity index (χ4n) is 2.29. The predicted octanol–water partition coefficient (Wildman–Crippen LogP) is 1.07. The van der Waals surface area contributed by atoms with E-state index in [0.717, 1.165) is 11.3 Å². The Balaban J connectivity index is 2.61. The van der Waals surface area contributed by atoms with Crippen molar-refractivity contribution in [3.63, 3.8) is 0 Å². The monoisotopic (exact) mass is 249 g/mol. The number of esters is 2. The van der Waals surface area contributed by atoms with Gasteiger partial charge in [-0.15, -0.1) is 0 Å². The molecule has 1 aromatic heterocycles. The van der Waals surface area contributed by atoms with E-state index in [4.69, 9.17) is 9.47 Å². The molecule has 0 aromatic carbocycles. The number of aromatic nitrogens is 1. The van der Waals surface area contributed by atoms with Crippen LogP contribution >= 0.6 is 0 Å². The molecule has 2 rings (SSSR count). The summed E-state index contributed by atoms with van der Waals surface area (Å²) in [6, 6.07) is 1.82. The number of carbonyl (C=O) groups excluding carboxylic acids is 2. The quantitative estimate of drug-likeness (QED) is 0.736. The molecule has 0 saturated carbocycles. The van der Waals surface area contributed by atoms with Gasteiger partial charge in [0.25, 0.3) is 0 Å². The smallest absolute Gasteiger partial charge is 0.339 e. The van der Waals surface area contributed by atoms with Crippen molar-refractivity contribution in [2.75, 3.05) is 14.2 Å². The zero-order chi connectivity index (χ0) is 13.3. The van der Waals surface area contributed by atoms with E-state index in [2.05, 4.69) is 0 Å². The summed E-state index contributed by atoms with van der Waals surface area (Å²) in [4.78, 5) is 23.6. The standard InChI is InChI=1S/C13H15NO4/c1-14-7-6-8-10(14)5-4-9(12(15)17-2)11(8)13(16)18-3/h6-7H,4-5H2,1-3H3. The lowest BCUT2D eigenvalue weighted by Gasteiger charge is -2.19. The molecule has 0 amide bonds. The van der Waals surface area contributed by atoms with Crippen molar-refractivity contribution in [3.05, 3.63) is 29.1 Å². The van der Waals surface area contributed by atoms with Gasteiger partial charge in [-0.3, -0.25) is 0 Å². The van der Waals surface area contributed by atoms with E-state index < -0.39 is 11.9 Å². The first kappa shape index (κ1) is 12.4. The second-order valence-electron chi connectivity index (χ2n) is 4.12. The largest absolute Gasteiger partial charge is 0.466 e. The average Bonchev–Trinajstić information content (AvgIpc) is 2.77. The predicted molar refractivity (Wildman–Crippen MR) is 64.7 cm³/mol. The fraction of sp³-hybridized carbons (Fsp3) is 0.385. The van der Waals surface area contributed by atoms with Crippen molar-refractivity contribution in [1.29, 1.82) is 0 Å². The van der Waals surface area contributed by atoms with Crippen LogP contribution in [0.4, 0.5) is 0 Å². The van der Waals surface area contributed by atoms with Gasteiger partial charge in [-0.25, -0.2) is 9.59 Å². The van der Waals surface area contributed by atoms with Crippen molar-refractivity contribution in [1.82, 2.24) is 4.57 Å². The highest BCUT2D eigenvalue weighted by Gasteiger charge is 2.30. The van der Waals surface area contributed by atoms with E-state index in [-0.39, 0.29) is 0 Å². The molecule has 5 heteroatoms. The van der Waals surface area contributed by atoms with Gasteiger partial charge < -0.3 is 14.0 Å². The lowest BCUT2D eigenvalue weighted by molar-refractivity contribution is -0.138. The van der Waals surface area contributed by atoms with E-state index in [1.54, 1.807) is 0 Å². The topological polar surface area (TPSA) is 57.5 Å². The van der Waals surface area contributed by atoms with Crippen LogP contribution in [-0.2, 0) is 32.5 Å². The number of hydrogen-bond acceptors (Lipinski definition) is 4. The number of methoxy groups -OCH3 is 2. The van der Waals surface area contributed by atoms with E-state index in [1.165, 1.54) is 14.2 Å². The number of hydrogen-bond donors (Lipinski definition) is 0. The summed E-state index contributed by atoms with van der Waals surface area (Å²) in [6.45, 7) is 0. The Morgan fingerprint density at radius 3 is 2.44 bits per heavy atom. The number of ether oxygens (including phenoxy) is 2. The molecule has 0 N–H and O–H groups in total. The minimum atomic E-state index is -0.498. The Bertz CT molecular complexity index is 539. The number of aryl methyl sites for hydroxylation is 1. The van der Waals surface area contributed by atoms with Crippen LogP contribution in [-0.4, -0.2) is 30.7 Å². The Morgan fingerprint density at radius 1 is 1.17 bits per heavy atom. The molecule has 5 nitrogen and oxygen atoms in total. The SMILES string of the molecule is COC(=O)C1=C(C(=O)OC)c2ccn(C)c2CC1. The van der Waals surface area contributed by atoms with Crippen LogP contribution in [0.15, 0.2) is 17.8 Å². The molecule has 0 bridgehead atoms. The highest BCUT2D eigenvalue weighted by atomic mass is 16.5. The second-order valence-corrected chi connectivity index (χ2v) is 4.12. The van der Waals surface area contributed by atoms with Crippen LogP contribution in [0, 0.1) is 0 Å². The lowest BCUT2D eigenvalue weighted by atomic mass is 9.89. The van der Waals surface area contributed by atoms with E-state index >= 15 is 0 Å². The third-order valence-corrected chi connectivity index (χ3v) is 3.21. The third kappa shape index (κ3) is 1.81. The third-order valence-electron chi connectivity index (χ3n) is 3.21. The van der Waals surface area contributed by atoms with Gasteiger partial charge in [0.1, 0.15) is 0 Å². The molecule has 0 unspecified atom stereocenters. The van der Waals surface area contributed by atoms with Gasteiger partial charge in [0.05, 0.1) is 25.4 Å². The highest BCUT2D eigenvalue weighted by molar-refractivity contribution is 6.23. The van der Waals surface area contributed by atoms with Gasteiger partial charge in [0, 0.05) is 24.5 Å². The summed E-state index contributed by atoms with van der Waals surface area (Å²) >= 11 is 0. The second kappa shape index (κ2) is 4.68. The van der Waals surface area contributed by atoms with Crippen molar-refractivity contribution < 1.29 is 19.1 Å². The molecule has 0 radical (unpaired) electrons. The van der Waals surface area contributed by atoms with Crippen molar-refractivity contribution in [3.8, 4) is 0 Å². The van der Waals surface area contributed by atoms with Crippen LogP contribution in [0.1, 0.15) is 17.7 Å². The summed E-state index contributed by atoms with van der Waals surface area (Å²) in [5.41, 5.74) is 2.51. The molecule has 0 saturated heterocycles. The zero-order valence-corrected chi connectivity index (χ0v) is 10.6. The Morgan fingerprint density at radius 2 is 1.83 bits per heavy atom. The minimum Gasteiger partial charge on any atom is -0.466 e. The van der Waals surface area contributed by atoms with Crippen LogP contribution in [0.25, 0.3) is 5.57 Å². The normalized spacial score (nSPS) is 14.2. The zero-order valence-electron chi connectivity index (χ0n) is 10.6. The van der Waals surface area contributed by atoms with Crippen LogP contribution in [0.2, 0.25) is 0 Å². The molecule has 96 valence electrons. The molecule has 18 heavy (non-hydrogen) atoms. The Kier molecular flexibility index (Phi) is 3.23. The van der Waals surface area contributed by atoms with Crippen LogP contribution in [0.5, 0.6) is 0 Å². The van der Waals surface area contributed by atoms with Gasteiger partial charge >= 0.3 is 11.9 Å². The van der Waals surface area contributed by atoms with E-state index in [9.17, 15) is 9.59 Å². The van der Waals surface area contributed by atoms with Crippen LogP contribution in [0.3, 0.4) is 0 Å². The molecular weight excluding hydrogens is 234 g/mol. The van der Waals surface area contributed by atoms with Gasteiger partial charge in [0.2, 0.25) is 0 Å². The first-order valence-corrected chi connectivity index (χ1v) is 5.64. The summed E-state index contributed by atoms with van der Waals surface area (Å²) in [6.07, 6.45) is 3.07. The first-order valence-electron chi connectivity index (χ1n) is 5.64. The van der Waals surface area contributed by atoms with Crippen LogP contribution < -0.4 is 0 Å².